The fourth-order valence-electron chi connectivity index (χ4n) is 1.61. The molecule has 0 saturated heterocycles. The minimum Gasteiger partial charge on any atom is -0.312 e. The Hall–Kier alpha value is -0.820. The molecule has 1 N–H and O–H groups in total. The van der Waals surface area contributed by atoms with Crippen LogP contribution in [0.25, 0.3) is 0 Å². The fraction of sp³-hybridized carbons (Fsp3) is 0.333. The van der Waals surface area contributed by atoms with Crippen molar-refractivity contribution in [1.82, 2.24) is 10.3 Å². The van der Waals surface area contributed by atoms with Crippen LogP contribution >= 0.6 is 23.2 Å². The number of nitrogens with one attached hydrogen (secondary N) is 1. The lowest BCUT2D eigenvalue weighted by Crippen LogP contribution is -2.25. The largest absolute Gasteiger partial charge is 0.312 e. The molecule has 14 heavy (non-hydrogen) atoms. The van der Waals surface area contributed by atoms with Crippen molar-refractivity contribution in [3.63, 3.8) is 0 Å². The molecule has 1 aliphatic heterocycles. The van der Waals surface area contributed by atoms with Crippen LogP contribution in [0.2, 0.25) is 10.3 Å². The minimum absolute atomic E-state index is 0.207. The van der Waals surface area contributed by atoms with Gasteiger partial charge in [0.25, 0.3) is 0 Å². The number of hydrogen-bond donors (Lipinski definition) is 1. The van der Waals surface area contributed by atoms with Gasteiger partial charge in [0.15, 0.2) is 0 Å². The molecule has 0 bridgehead atoms. The molecule has 0 fully saturated rings. The third-order valence-electron chi connectivity index (χ3n) is 2.28. The first-order chi connectivity index (χ1) is 6.74. The van der Waals surface area contributed by atoms with Crippen LogP contribution in [0.5, 0.6) is 0 Å². The number of aromatic nitrogens is 1. The van der Waals surface area contributed by atoms with Crippen LogP contribution in [0.15, 0.2) is 0 Å². The first-order valence-electron chi connectivity index (χ1n) is 4.21. The lowest BCUT2D eigenvalue weighted by Gasteiger charge is -2.19. The van der Waals surface area contributed by atoms with Gasteiger partial charge in [-0.05, 0) is 18.5 Å². The summed E-state index contributed by atoms with van der Waals surface area (Å²) in [5.74, 6) is 0. The number of rotatable bonds is 0. The number of nitriles is 1. The Kier molecular flexibility index (Phi) is 2.60. The summed E-state index contributed by atoms with van der Waals surface area (Å²) >= 11 is 11.8. The molecule has 3 nitrogen and oxygen atoms in total. The Morgan fingerprint density at radius 1 is 1.29 bits per heavy atom. The molecule has 0 unspecified atom stereocenters. The molecule has 1 aromatic heterocycles. The second-order valence-electron chi connectivity index (χ2n) is 3.06. The summed E-state index contributed by atoms with van der Waals surface area (Å²) in [7, 11) is 0. The zero-order chi connectivity index (χ0) is 10.1. The predicted molar refractivity (Wildman–Crippen MR) is 54.4 cm³/mol. The summed E-state index contributed by atoms with van der Waals surface area (Å²) in [5, 5.41) is 12.7. The molecule has 0 aliphatic carbocycles. The predicted octanol–water partition coefficient (Wildman–Crippen LogP) is 1.91. The van der Waals surface area contributed by atoms with E-state index in [-0.39, 0.29) is 5.15 Å². The van der Waals surface area contributed by atoms with Crippen molar-refractivity contribution < 1.29 is 0 Å². The maximum atomic E-state index is 8.93. The molecule has 5 heteroatoms. The summed E-state index contributed by atoms with van der Waals surface area (Å²) in [4.78, 5) is 3.93. The normalized spacial score (nSPS) is 14.6. The van der Waals surface area contributed by atoms with Gasteiger partial charge >= 0.3 is 0 Å². The van der Waals surface area contributed by atoms with E-state index in [1.54, 1.807) is 0 Å². The quantitative estimate of drug-likeness (QED) is 0.690. The number of halogens is 2. The number of nitrogens with zero attached hydrogens (tertiary/aromatic N) is 2. The topological polar surface area (TPSA) is 48.7 Å². The molecule has 2 rings (SSSR count). The van der Waals surface area contributed by atoms with E-state index in [1.165, 1.54) is 0 Å². The van der Waals surface area contributed by atoms with Crippen molar-refractivity contribution >= 4 is 23.2 Å². The molecular weight excluding hydrogens is 221 g/mol. The molecule has 0 spiro atoms. The van der Waals surface area contributed by atoms with Crippen molar-refractivity contribution in [3.05, 3.63) is 27.0 Å². The van der Waals surface area contributed by atoms with Gasteiger partial charge in [-0.25, -0.2) is 4.98 Å². The van der Waals surface area contributed by atoms with Gasteiger partial charge < -0.3 is 5.32 Å². The Morgan fingerprint density at radius 2 is 2.07 bits per heavy atom. The van der Waals surface area contributed by atoms with E-state index in [4.69, 9.17) is 28.5 Å². The Bertz CT molecular complexity index is 423. The lowest BCUT2D eigenvalue weighted by molar-refractivity contribution is 0.640. The van der Waals surface area contributed by atoms with E-state index in [9.17, 15) is 0 Å². The standard InChI is InChI=1S/C9H7Cl2N3/c10-8-6(3-12)5-1-2-13-4-7(5)9(11)14-8/h13H,1-2,4H2. The molecule has 1 aromatic rings. The van der Waals surface area contributed by atoms with Gasteiger partial charge in [0.05, 0.1) is 5.56 Å². The van der Waals surface area contributed by atoms with Gasteiger partial charge in [0.1, 0.15) is 16.4 Å². The summed E-state index contributed by atoms with van der Waals surface area (Å²) in [6.45, 7) is 1.51. The highest BCUT2D eigenvalue weighted by Gasteiger charge is 2.19. The molecule has 0 radical (unpaired) electrons. The second kappa shape index (κ2) is 3.74. The van der Waals surface area contributed by atoms with Gasteiger partial charge in [-0.3, -0.25) is 0 Å². The zero-order valence-electron chi connectivity index (χ0n) is 7.27. The summed E-state index contributed by atoms with van der Waals surface area (Å²) in [5.41, 5.74) is 2.31. The van der Waals surface area contributed by atoms with Crippen molar-refractivity contribution in [2.75, 3.05) is 6.54 Å². The number of hydrogen-bond acceptors (Lipinski definition) is 3. The van der Waals surface area contributed by atoms with Crippen LogP contribution < -0.4 is 5.32 Å². The van der Waals surface area contributed by atoms with Gasteiger partial charge in [0.2, 0.25) is 0 Å². The van der Waals surface area contributed by atoms with E-state index in [0.717, 1.165) is 24.1 Å². The average Bonchev–Trinajstić information content (AvgIpc) is 2.18. The number of pyridine rings is 1. The zero-order valence-corrected chi connectivity index (χ0v) is 8.78. The summed E-state index contributed by atoms with van der Waals surface area (Å²) in [6.07, 6.45) is 0.778. The van der Waals surface area contributed by atoms with E-state index in [1.807, 2.05) is 0 Å². The molecule has 0 saturated carbocycles. The van der Waals surface area contributed by atoms with E-state index < -0.39 is 0 Å². The average molecular weight is 228 g/mol. The molecule has 72 valence electrons. The van der Waals surface area contributed by atoms with Crippen molar-refractivity contribution in [2.24, 2.45) is 0 Å². The van der Waals surface area contributed by atoms with Gasteiger partial charge in [-0.15, -0.1) is 0 Å². The smallest absolute Gasteiger partial charge is 0.148 e. The SMILES string of the molecule is N#Cc1c(Cl)nc(Cl)c2c1CCNC2. The molecule has 2 heterocycles. The Morgan fingerprint density at radius 3 is 2.79 bits per heavy atom. The maximum absolute atomic E-state index is 8.93. The van der Waals surface area contributed by atoms with E-state index >= 15 is 0 Å². The molecule has 0 atom stereocenters. The van der Waals surface area contributed by atoms with E-state index in [0.29, 0.717) is 17.3 Å². The van der Waals surface area contributed by atoms with Crippen LogP contribution in [-0.2, 0) is 13.0 Å². The number of fused-ring (bicyclic) bond motifs is 1. The van der Waals surface area contributed by atoms with Crippen molar-refractivity contribution in [2.45, 2.75) is 13.0 Å². The fourth-order valence-corrected chi connectivity index (χ4v) is 2.15. The molecule has 0 aromatic carbocycles. The second-order valence-corrected chi connectivity index (χ2v) is 3.78. The molecule has 1 aliphatic rings. The third kappa shape index (κ3) is 1.46. The van der Waals surface area contributed by atoms with Crippen molar-refractivity contribution in [3.8, 4) is 6.07 Å². The molecular formula is C9H7Cl2N3. The van der Waals surface area contributed by atoms with Gasteiger partial charge in [0, 0.05) is 12.1 Å². The highest BCUT2D eigenvalue weighted by Crippen LogP contribution is 2.28. The van der Waals surface area contributed by atoms with Crippen LogP contribution in [-0.4, -0.2) is 11.5 Å². The van der Waals surface area contributed by atoms with Crippen LogP contribution in [0, 0.1) is 11.3 Å². The van der Waals surface area contributed by atoms with E-state index in [2.05, 4.69) is 16.4 Å². The summed E-state index contributed by atoms with van der Waals surface area (Å²) < 4.78 is 0. The van der Waals surface area contributed by atoms with Crippen LogP contribution in [0.1, 0.15) is 16.7 Å². The van der Waals surface area contributed by atoms with Crippen LogP contribution in [0.4, 0.5) is 0 Å². The Labute approximate surface area is 91.7 Å². The van der Waals surface area contributed by atoms with Crippen molar-refractivity contribution in [1.29, 1.82) is 5.26 Å². The minimum atomic E-state index is 0.207. The maximum Gasteiger partial charge on any atom is 0.148 e. The Balaban J connectivity index is 2.69. The van der Waals surface area contributed by atoms with Gasteiger partial charge in [-0.1, -0.05) is 23.2 Å². The first kappa shape index (κ1) is 9.72. The third-order valence-corrected chi connectivity index (χ3v) is 2.87. The molecule has 0 amide bonds. The monoisotopic (exact) mass is 227 g/mol. The first-order valence-corrected chi connectivity index (χ1v) is 4.97. The van der Waals surface area contributed by atoms with Gasteiger partial charge in [-0.2, -0.15) is 5.26 Å². The lowest BCUT2D eigenvalue weighted by atomic mass is 9.99. The highest BCUT2D eigenvalue weighted by atomic mass is 35.5. The van der Waals surface area contributed by atoms with Crippen LogP contribution in [0.3, 0.4) is 0 Å². The highest BCUT2D eigenvalue weighted by molar-refractivity contribution is 6.33. The summed E-state index contributed by atoms with van der Waals surface area (Å²) in [6, 6.07) is 2.07.